The molecule has 1 aliphatic carbocycles. The second-order valence-electron chi connectivity index (χ2n) is 15.3. The number of carboxylic acids is 1. The summed E-state index contributed by atoms with van der Waals surface area (Å²) in [4.78, 5) is 85.0. The molecule has 0 saturated heterocycles. The van der Waals surface area contributed by atoms with Crippen LogP contribution in [0.3, 0.4) is 0 Å². The highest BCUT2D eigenvalue weighted by molar-refractivity contribution is 5.95. The average Bonchev–Trinajstić information content (AvgIpc) is 3.64. The van der Waals surface area contributed by atoms with Gasteiger partial charge in [0.25, 0.3) is 0 Å². The molecule has 0 bridgehead atoms. The average molecular weight is 812 g/mol. The summed E-state index contributed by atoms with van der Waals surface area (Å²) >= 11 is 0. The Morgan fingerprint density at radius 1 is 0.881 bits per heavy atom. The monoisotopic (exact) mass is 811 g/mol. The lowest BCUT2D eigenvalue weighted by molar-refractivity contribution is -0.138. The maximum Gasteiger partial charge on any atom is 0.303 e. The number of nitrogens with two attached hydrogens (primary N) is 1. The van der Waals surface area contributed by atoms with Crippen LogP contribution in [-0.4, -0.2) is 87.8 Å². The van der Waals surface area contributed by atoms with Gasteiger partial charge in [0.2, 0.25) is 35.5 Å². The standard InChI is InChI=1S/C43H57N9O7/c44-41(59)43(24-5-1-6-25-43)52-40(58)35(14-8-15-38(55)56)49-39(57)34(13-4-7-27-46-36(53)22-19-30-10-9-26-45-28-30)48-37(54)23-18-29-16-20-31(21-17-29)47-42-50-32-11-2-3-12-33(32)51-42/h2-3,10-12,16-17,19-22,34-35,45H,1,4-9,13-15,18,23-28H2,(H2,44,59)(H,46,53)(H,48,54)(H,49,57)(H,52,58)(H,55,56)(H2,47,50,51)/b22-19+/t34-,35-/m1/s1. The van der Waals surface area contributed by atoms with E-state index >= 15 is 0 Å². The quantitative estimate of drug-likeness (QED) is 0.0528. The van der Waals surface area contributed by atoms with Crippen LogP contribution in [0.4, 0.5) is 11.6 Å². The molecular formula is C43H57N9O7. The fourth-order valence-electron chi connectivity index (χ4n) is 7.32. The number of aromatic nitrogens is 2. The fourth-order valence-corrected chi connectivity index (χ4v) is 7.32. The number of unbranched alkanes of at least 4 members (excludes halogenated alkanes) is 1. The van der Waals surface area contributed by atoms with Crippen molar-refractivity contribution in [3.05, 3.63) is 77.9 Å². The number of benzene rings is 2. The smallest absolute Gasteiger partial charge is 0.303 e. The molecule has 0 radical (unpaired) electrons. The summed E-state index contributed by atoms with van der Waals surface area (Å²) in [5, 5.41) is 27.0. The second-order valence-corrected chi connectivity index (χ2v) is 15.3. The van der Waals surface area contributed by atoms with Gasteiger partial charge in [-0.1, -0.05) is 55.7 Å². The Balaban J connectivity index is 1.20. The van der Waals surface area contributed by atoms with E-state index < -0.39 is 41.3 Å². The van der Waals surface area contributed by atoms with Gasteiger partial charge in [-0.05, 0) is 99.7 Å². The zero-order valence-corrected chi connectivity index (χ0v) is 33.4. The Labute approximate surface area is 344 Å². The number of anilines is 2. The maximum absolute atomic E-state index is 13.9. The highest BCUT2D eigenvalue weighted by Crippen LogP contribution is 2.28. The van der Waals surface area contributed by atoms with E-state index in [1.54, 1.807) is 6.08 Å². The van der Waals surface area contributed by atoms with Crippen LogP contribution in [0, 0.1) is 0 Å². The van der Waals surface area contributed by atoms with E-state index in [1.807, 2.05) is 48.5 Å². The van der Waals surface area contributed by atoms with Crippen LogP contribution in [0.25, 0.3) is 11.0 Å². The molecule has 3 aromatic rings. The minimum atomic E-state index is -1.26. The molecule has 1 aromatic heterocycles. The summed E-state index contributed by atoms with van der Waals surface area (Å²) < 4.78 is 0. The van der Waals surface area contributed by atoms with Gasteiger partial charge in [-0.3, -0.25) is 28.8 Å². The van der Waals surface area contributed by atoms with Crippen LogP contribution in [0.5, 0.6) is 0 Å². The molecule has 0 unspecified atom stereocenters. The molecule has 1 fully saturated rings. The van der Waals surface area contributed by atoms with E-state index in [-0.39, 0.29) is 43.9 Å². The number of fused-ring (bicyclic) bond motifs is 1. The molecule has 2 heterocycles. The number of imidazole rings is 1. The van der Waals surface area contributed by atoms with Crippen molar-refractivity contribution >= 4 is 58.2 Å². The Hall–Kier alpha value is -6.03. The van der Waals surface area contributed by atoms with Crippen molar-refractivity contribution in [2.24, 2.45) is 5.73 Å². The summed E-state index contributed by atoms with van der Waals surface area (Å²) in [5.74, 6) is -2.97. The molecule has 5 rings (SSSR count). The number of nitrogens with zero attached hydrogens (tertiary/aromatic N) is 1. The SMILES string of the molecule is NC(=O)C1(NC(=O)[C@@H](CCCC(=O)O)NC(=O)[C@@H](CCCCNC(=O)/C=C/C2=CCCNC2)NC(=O)CCc2ccc(Nc3nc4ccccc4[nH]3)cc2)CCCCC1. The van der Waals surface area contributed by atoms with Gasteiger partial charge in [0, 0.05) is 37.7 Å². The third kappa shape index (κ3) is 14.1. The number of carbonyl (C=O) groups is 6. The predicted octanol–water partition coefficient (Wildman–Crippen LogP) is 3.53. The number of amides is 5. The molecule has 59 heavy (non-hydrogen) atoms. The maximum atomic E-state index is 13.9. The molecule has 16 nitrogen and oxygen atoms in total. The summed E-state index contributed by atoms with van der Waals surface area (Å²) in [6, 6.07) is 13.1. The van der Waals surface area contributed by atoms with Crippen LogP contribution in [0.1, 0.15) is 89.0 Å². The Kier molecular flexibility index (Phi) is 16.6. The predicted molar refractivity (Wildman–Crippen MR) is 224 cm³/mol. The van der Waals surface area contributed by atoms with Gasteiger partial charge in [0.1, 0.15) is 17.6 Å². The first-order valence-electron chi connectivity index (χ1n) is 20.6. The summed E-state index contributed by atoms with van der Waals surface area (Å²) in [5.41, 5.74) is 9.02. The summed E-state index contributed by atoms with van der Waals surface area (Å²) in [6.45, 7) is 1.97. The first kappa shape index (κ1) is 44.1. The number of aliphatic carboxylic acids is 1. The van der Waals surface area contributed by atoms with Crippen LogP contribution in [-0.2, 0) is 35.2 Å². The van der Waals surface area contributed by atoms with Gasteiger partial charge in [-0.2, -0.15) is 0 Å². The van der Waals surface area contributed by atoms with Crippen LogP contribution < -0.4 is 37.6 Å². The molecule has 5 amide bonds. The molecule has 2 aromatic carbocycles. The molecule has 10 N–H and O–H groups in total. The number of aromatic amines is 1. The highest BCUT2D eigenvalue weighted by atomic mass is 16.4. The van der Waals surface area contributed by atoms with E-state index in [2.05, 4.69) is 47.9 Å². The Morgan fingerprint density at radius 3 is 2.34 bits per heavy atom. The zero-order chi connectivity index (χ0) is 42.0. The van der Waals surface area contributed by atoms with Crippen molar-refractivity contribution in [2.45, 2.75) is 108 Å². The lowest BCUT2D eigenvalue weighted by Gasteiger charge is -2.36. The van der Waals surface area contributed by atoms with E-state index in [0.717, 1.165) is 47.2 Å². The van der Waals surface area contributed by atoms with E-state index in [0.29, 0.717) is 64.0 Å². The number of H-pyrrole nitrogens is 1. The minimum absolute atomic E-state index is 0.00685. The van der Waals surface area contributed by atoms with Gasteiger partial charge in [0.15, 0.2) is 0 Å². The lowest BCUT2D eigenvalue weighted by atomic mass is 9.80. The zero-order valence-electron chi connectivity index (χ0n) is 33.4. The molecule has 2 aliphatic rings. The van der Waals surface area contributed by atoms with Crippen molar-refractivity contribution in [3.8, 4) is 0 Å². The molecular weight excluding hydrogens is 755 g/mol. The second kappa shape index (κ2) is 22.2. The largest absolute Gasteiger partial charge is 0.481 e. The Morgan fingerprint density at radius 2 is 1.63 bits per heavy atom. The third-order valence-electron chi connectivity index (χ3n) is 10.7. The lowest BCUT2D eigenvalue weighted by Crippen LogP contribution is -2.62. The topological polar surface area (TPSA) is 250 Å². The first-order chi connectivity index (χ1) is 28.5. The fraction of sp³-hybridized carbons (Fsp3) is 0.465. The summed E-state index contributed by atoms with van der Waals surface area (Å²) in [7, 11) is 0. The number of hydrogen-bond acceptors (Lipinski definition) is 9. The number of hydrogen-bond donors (Lipinski definition) is 9. The van der Waals surface area contributed by atoms with Gasteiger partial charge in [0.05, 0.1) is 11.0 Å². The molecule has 16 heteroatoms. The third-order valence-corrected chi connectivity index (χ3v) is 10.7. The van der Waals surface area contributed by atoms with Crippen LogP contribution >= 0.6 is 0 Å². The number of rotatable bonds is 22. The van der Waals surface area contributed by atoms with Gasteiger partial charge in [-0.25, -0.2) is 4.98 Å². The molecule has 2 atom stereocenters. The van der Waals surface area contributed by atoms with Crippen molar-refractivity contribution in [1.82, 2.24) is 36.6 Å². The number of para-hydroxylation sites is 2. The van der Waals surface area contributed by atoms with Crippen molar-refractivity contribution < 1.29 is 33.9 Å². The molecule has 1 aliphatic heterocycles. The molecule has 1 saturated carbocycles. The Bertz CT molecular complexity index is 1950. The van der Waals surface area contributed by atoms with E-state index in [4.69, 9.17) is 5.73 Å². The molecule has 0 spiro atoms. The summed E-state index contributed by atoms with van der Waals surface area (Å²) in [6.07, 6.45) is 10.8. The normalized spacial score (nSPS) is 16.0. The van der Waals surface area contributed by atoms with Crippen LogP contribution in [0.15, 0.2) is 72.3 Å². The van der Waals surface area contributed by atoms with Gasteiger partial charge >= 0.3 is 5.97 Å². The molecule has 316 valence electrons. The van der Waals surface area contributed by atoms with E-state index in [9.17, 15) is 33.9 Å². The van der Waals surface area contributed by atoms with E-state index in [1.165, 1.54) is 6.08 Å². The highest BCUT2D eigenvalue weighted by Gasteiger charge is 2.41. The minimum Gasteiger partial charge on any atom is -0.481 e. The number of carbonyl (C=O) groups excluding carboxylic acids is 5. The van der Waals surface area contributed by atoms with Gasteiger partial charge < -0.3 is 47.7 Å². The van der Waals surface area contributed by atoms with Gasteiger partial charge in [-0.15, -0.1) is 0 Å². The number of aryl methyl sites for hydroxylation is 1. The van der Waals surface area contributed by atoms with Crippen LogP contribution in [0.2, 0.25) is 0 Å². The van der Waals surface area contributed by atoms with Crippen molar-refractivity contribution in [3.63, 3.8) is 0 Å². The van der Waals surface area contributed by atoms with Crippen molar-refractivity contribution in [2.75, 3.05) is 25.0 Å². The number of primary amides is 1. The number of nitrogens with one attached hydrogen (secondary N) is 7. The first-order valence-corrected chi connectivity index (χ1v) is 20.6. The van der Waals surface area contributed by atoms with Crippen molar-refractivity contribution in [1.29, 1.82) is 0 Å². The number of carboxylic acid groups (broad SMARTS) is 1.